The van der Waals surface area contributed by atoms with E-state index in [-0.39, 0.29) is 5.75 Å². The highest BCUT2D eigenvalue weighted by atomic mass is 19.1. The van der Waals surface area contributed by atoms with E-state index in [1.165, 1.54) is 62.6 Å². The van der Waals surface area contributed by atoms with Gasteiger partial charge in [-0.15, -0.1) is 6.58 Å². The number of carbonyl (C=O) groups is 1. The summed E-state index contributed by atoms with van der Waals surface area (Å²) >= 11 is 0. The zero-order chi connectivity index (χ0) is 21.8. The Morgan fingerprint density at radius 3 is 2.55 bits per heavy atom. The number of hydrogen-bond donors (Lipinski definition) is 0. The number of esters is 1. The number of benzene rings is 2. The Labute approximate surface area is 185 Å². The second-order valence-electron chi connectivity index (χ2n) is 9.52. The number of rotatable bonds is 6. The lowest BCUT2D eigenvalue weighted by atomic mass is 9.63. The molecule has 2 nitrogen and oxygen atoms in total. The van der Waals surface area contributed by atoms with Crippen LogP contribution in [0, 0.1) is 30.5 Å². The molecule has 0 aromatic heterocycles. The summed E-state index contributed by atoms with van der Waals surface area (Å²) in [5.41, 5.74) is 2.56. The summed E-state index contributed by atoms with van der Waals surface area (Å²) in [5, 5.41) is 0. The van der Waals surface area contributed by atoms with Crippen LogP contribution in [0.15, 0.2) is 55.1 Å². The van der Waals surface area contributed by atoms with Gasteiger partial charge in [0.25, 0.3) is 0 Å². The molecule has 0 bridgehead atoms. The summed E-state index contributed by atoms with van der Waals surface area (Å²) < 4.78 is 19.2. The number of aryl methyl sites for hydroxylation is 1. The van der Waals surface area contributed by atoms with Crippen LogP contribution < -0.4 is 4.74 Å². The molecule has 2 aliphatic rings. The molecule has 4 unspecified atom stereocenters. The first-order chi connectivity index (χ1) is 15.0. The smallest absolute Gasteiger partial charge is 0.343 e. The van der Waals surface area contributed by atoms with Crippen LogP contribution in [0.1, 0.15) is 78.8 Å². The van der Waals surface area contributed by atoms with E-state index in [4.69, 9.17) is 4.74 Å². The molecular weight excluding hydrogens is 387 g/mol. The van der Waals surface area contributed by atoms with E-state index in [1.807, 2.05) is 12.1 Å². The number of allylic oxidation sites excluding steroid dienone is 1. The van der Waals surface area contributed by atoms with Gasteiger partial charge in [0.2, 0.25) is 0 Å². The van der Waals surface area contributed by atoms with Crippen molar-refractivity contribution in [1.29, 1.82) is 0 Å². The van der Waals surface area contributed by atoms with Crippen molar-refractivity contribution in [1.82, 2.24) is 0 Å². The van der Waals surface area contributed by atoms with Crippen LogP contribution in [0.4, 0.5) is 4.39 Å². The van der Waals surface area contributed by atoms with Crippen LogP contribution in [-0.4, -0.2) is 5.97 Å². The Morgan fingerprint density at radius 2 is 1.81 bits per heavy atom. The first-order valence-electron chi connectivity index (χ1n) is 11.7. The lowest BCUT2D eigenvalue weighted by Crippen LogP contribution is -2.30. The Hall–Kier alpha value is -2.42. The van der Waals surface area contributed by atoms with Crippen molar-refractivity contribution in [3.63, 3.8) is 0 Å². The molecule has 2 fully saturated rings. The predicted octanol–water partition coefficient (Wildman–Crippen LogP) is 7.62. The third-order valence-corrected chi connectivity index (χ3v) is 7.41. The molecule has 3 heteroatoms. The molecule has 0 N–H and O–H groups in total. The van der Waals surface area contributed by atoms with E-state index in [9.17, 15) is 9.18 Å². The van der Waals surface area contributed by atoms with Gasteiger partial charge in [-0.05, 0) is 111 Å². The topological polar surface area (TPSA) is 26.3 Å². The van der Waals surface area contributed by atoms with Crippen molar-refractivity contribution in [2.45, 2.75) is 64.2 Å². The van der Waals surface area contributed by atoms with Crippen LogP contribution in [-0.2, 0) is 0 Å². The van der Waals surface area contributed by atoms with Gasteiger partial charge in [0.15, 0.2) is 11.6 Å². The number of carbonyl (C=O) groups excluding carboxylic acids is 1. The fraction of sp³-hybridized carbons (Fsp3) is 0.464. The fourth-order valence-corrected chi connectivity index (χ4v) is 5.64. The Kier molecular flexibility index (Phi) is 6.89. The molecule has 0 heterocycles. The number of hydrogen-bond acceptors (Lipinski definition) is 2. The molecule has 0 amide bonds. The standard InChI is InChI=1S/C28H33FO2/c1-3-4-5-20-7-8-25-18-24(14-13-23(25)17-20)21-9-11-22(12-10-21)28(30)31-27-15-6-19(2)16-26(27)29/h3,6,9-12,15-16,20,23-25H,1,4-5,7-8,13-14,17-18H2,2H3. The Morgan fingerprint density at radius 1 is 1.06 bits per heavy atom. The number of halogens is 1. The van der Waals surface area contributed by atoms with E-state index >= 15 is 0 Å². The maximum Gasteiger partial charge on any atom is 0.343 e. The third kappa shape index (κ3) is 5.26. The van der Waals surface area contributed by atoms with Gasteiger partial charge in [-0.2, -0.15) is 0 Å². The van der Waals surface area contributed by atoms with Gasteiger partial charge in [-0.25, -0.2) is 9.18 Å². The van der Waals surface area contributed by atoms with Crippen molar-refractivity contribution in [2.75, 3.05) is 0 Å². The lowest BCUT2D eigenvalue weighted by Gasteiger charge is -2.42. The van der Waals surface area contributed by atoms with Crippen LogP contribution in [0.5, 0.6) is 5.75 Å². The van der Waals surface area contributed by atoms with E-state index < -0.39 is 11.8 Å². The molecule has 4 rings (SSSR count). The van der Waals surface area contributed by atoms with Gasteiger partial charge in [0, 0.05) is 0 Å². The van der Waals surface area contributed by atoms with Gasteiger partial charge in [0.1, 0.15) is 0 Å². The van der Waals surface area contributed by atoms with Gasteiger partial charge in [-0.1, -0.05) is 30.7 Å². The molecular formula is C28H33FO2. The molecule has 164 valence electrons. The van der Waals surface area contributed by atoms with Crippen LogP contribution in [0.25, 0.3) is 0 Å². The van der Waals surface area contributed by atoms with Crippen molar-refractivity contribution in [3.8, 4) is 5.75 Å². The summed E-state index contributed by atoms with van der Waals surface area (Å²) in [4.78, 5) is 12.4. The summed E-state index contributed by atoms with van der Waals surface area (Å²) in [6.07, 6.45) is 12.4. The fourth-order valence-electron chi connectivity index (χ4n) is 5.64. The summed E-state index contributed by atoms with van der Waals surface area (Å²) in [5.74, 6) is 2.13. The van der Waals surface area contributed by atoms with Gasteiger partial charge in [-0.3, -0.25) is 0 Å². The molecule has 0 radical (unpaired) electrons. The second-order valence-corrected chi connectivity index (χ2v) is 9.52. The number of ether oxygens (including phenoxy) is 1. The molecule has 2 aromatic rings. The minimum atomic E-state index is -0.518. The first-order valence-corrected chi connectivity index (χ1v) is 11.7. The Bertz CT molecular complexity index is 917. The van der Waals surface area contributed by atoms with Gasteiger partial charge < -0.3 is 4.74 Å². The zero-order valence-electron chi connectivity index (χ0n) is 18.5. The largest absolute Gasteiger partial charge is 0.420 e. The Balaban J connectivity index is 1.34. The molecule has 0 aliphatic heterocycles. The van der Waals surface area contributed by atoms with Crippen LogP contribution in [0.3, 0.4) is 0 Å². The molecule has 2 aliphatic carbocycles. The average Bonchev–Trinajstić information content (AvgIpc) is 2.79. The van der Waals surface area contributed by atoms with Crippen molar-refractivity contribution in [2.24, 2.45) is 17.8 Å². The monoisotopic (exact) mass is 420 g/mol. The minimum absolute atomic E-state index is 0.0262. The summed E-state index contributed by atoms with van der Waals surface area (Å²) in [6, 6.07) is 12.4. The molecule has 31 heavy (non-hydrogen) atoms. The van der Waals surface area contributed by atoms with E-state index in [0.717, 1.165) is 29.7 Å². The highest BCUT2D eigenvalue weighted by molar-refractivity contribution is 5.91. The maximum absolute atomic E-state index is 14.0. The molecule has 2 aromatic carbocycles. The average molecular weight is 421 g/mol. The van der Waals surface area contributed by atoms with E-state index in [2.05, 4.69) is 24.8 Å². The minimum Gasteiger partial charge on any atom is -0.420 e. The summed E-state index contributed by atoms with van der Waals surface area (Å²) in [6.45, 7) is 5.67. The zero-order valence-corrected chi connectivity index (χ0v) is 18.5. The quantitative estimate of drug-likeness (QED) is 0.273. The summed E-state index contributed by atoms with van der Waals surface area (Å²) in [7, 11) is 0. The predicted molar refractivity (Wildman–Crippen MR) is 123 cm³/mol. The van der Waals surface area contributed by atoms with Crippen molar-refractivity contribution < 1.29 is 13.9 Å². The SMILES string of the molecule is C=CCCC1CCC2CC(c3ccc(C(=O)Oc4ccc(C)cc4F)cc3)CCC2C1. The van der Waals surface area contributed by atoms with Crippen LogP contribution in [0.2, 0.25) is 0 Å². The van der Waals surface area contributed by atoms with E-state index in [0.29, 0.717) is 11.5 Å². The molecule has 0 saturated heterocycles. The van der Waals surface area contributed by atoms with Crippen LogP contribution >= 0.6 is 0 Å². The van der Waals surface area contributed by atoms with Gasteiger partial charge >= 0.3 is 5.97 Å². The second kappa shape index (κ2) is 9.80. The maximum atomic E-state index is 14.0. The third-order valence-electron chi connectivity index (χ3n) is 7.41. The molecule has 2 saturated carbocycles. The van der Waals surface area contributed by atoms with Crippen molar-refractivity contribution in [3.05, 3.63) is 77.6 Å². The molecule has 0 spiro atoms. The first kappa shape index (κ1) is 21.8. The lowest BCUT2D eigenvalue weighted by molar-refractivity contribution is 0.0727. The number of fused-ring (bicyclic) bond motifs is 1. The highest BCUT2D eigenvalue weighted by Crippen LogP contribution is 2.48. The van der Waals surface area contributed by atoms with Gasteiger partial charge in [0.05, 0.1) is 5.56 Å². The van der Waals surface area contributed by atoms with Crippen molar-refractivity contribution >= 4 is 5.97 Å². The van der Waals surface area contributed by atoms with E-state index in [1.54, 1.807) is 13.0 Å². The highest BCUT2D eigenvalue weighted by Gasteiger charge is 2.35. The molecule has 4 atom stereocenters. The normalized spacial score (nSPS) is 25.5.